The van der Waals surface area contributed by atoms with Crippen LogP contribution in [0.25, 0.3) is 0 Å². The predicted octanol–water partition coefficient (Wildman–Crippen LogP) is 0.938. The van der Waals surface area contributed by atoms with Crippen molar-refractivity contribution in [2.45, 2.75) is 37.8 Å². The van der Waals surface area contributed by atoms with Crippen LogP contribution in [-0.2, 0) is 24.4 Å². The summed E-state index contributed by atoms with van der Waals surface area (Å²) in [6, 6.07) is 5.22. The molecule has 0 radical (unpaired) electrons. The van der Waals surface area contributed by atoms with Gasteiger partial charge in [-0.3, -0.25) is 9.63 Å². The first kappa shape index (κ1) is 20.1. The Kier molecular flexibility index (Phi) is 6.88. The van der Waals surface area contributed by atoms with E-state index in [2.05, 4.69) is 10.2 Å². The van der Waals surface area contributed by atoms with Crippen molar-refractivity contribution in [3.8, 4) is 0 Å². The number of hydrogen-bond donors (Lipinski definition) is 1. The fourth-order valence-corrected chi connectivity index (χ4v) is 2.73. The van der Waals surface area contributed by atoms with Gasteiger partial charge in [-0.1, -0.05) is 10.5 Å². The molecule has 8 nitrogen and oxygen atoms in total. The first-order chi connectivity index (χ1) is 11.1. The summed E-state index contributed by atoms with van der Waals surface area (Å²) in [5.74, 6) is -1.22. The van der Waals surface area contributed by atoms with Crippen molar-refractivity contribution in [3.05, 3.63) is 29.8 Å². The maximum absolute atomic E-state index is 12.2. The van der Waals surface area contributed by atoms with Crippen LogP contribution in [0.2, 0.25) is 0 Å². The minimum absolute atomic E-state index is 0.0183. The lowest BCUT2D eigenvalue weighted by Crippen LogP contribution is -2.39. The molecule has 0 aliphatic rings. The molecule has 0 heterocycles. The molecule has 0 bridgehead atoms. The van der Waals surface area contributed by atoms with Crippen molar-refractivity contribution in [2.24, 2.45) is 0 Å². The lowest BCUT2D eigenvalue weighted by molar-refractivity contribution is -0.129. The van der Waals surface area contributed by atoms with Gasteiger partial charge in [0.15, 0.2) is 6.10 Å². The zero-order valence-electron chi connectivity index (χ0n) is 14.3. The second-order valence-electron chi connectivity index (χ2n) is 5.34. The largest absolute Gasteiger partial charge is 0.449 e. The Morgan fingerprint density at radius 3 is 2.38 bits per heavy atom. The van der Waals surface area contributed by atoms with E-state index in [9.17, 15) is 18.0 Å². The maximum atomic E-state index is 12.2. The zero-order chi connectivity index (χ0) is 18.5. The van der Waals surface area contributed by atoms with E-state index in [-0.39, 0.29) is 16.5 Å². The summed E-state index contributed by atoms with van der Waals surface area (Å²) in [7, 11) is -1.43. The summed E-state index contributed by atoms with van der Waals surface area (Å²) in [6.07, 6.45) is -0.998. The number of hydrogen-bond acceptors (Lipinski definition) is 6. The number of amides is 1. The van der Waals surface area contributed by atoms with Crippen molar-refractivity contribution < 1.29 is 27.6 Å². The Morgan fingerprint density at radius 1 is 1.21 bits per heavy atom. The normalized spacial score (nSPS) is 13.0. The zero-order valence-corrected chi connectivity index (χ0v) is 15.1. The molecule has 0 aromatic heterocycles. The van der Waals surface area contributed by atoms with Crippen molar-refractivity contribution in [1.82, 2.24) is 9.79 Å². The monoisotopic (exact) mass is 358 g/mol. The molecule has 0 aliphatic heterocycles. The Balaban J connectivity index is 2.94. The van der Waals surface area contributed by atoms with E-state index in [0.717, 1.165) is 0 Å². The molecule has 0 aliphatic carbocycles. The summed E-state index contributed by atoms with van der Waals surface area (Å²) >= 11 is 0. The van der Waals surface area contributed by atoms with E-state index >= 15 is 0 Å². The number of rotatable bonds is 7. The minimum Gasteiger partial charge on any atom is -0.449 e. The van der Waals surface area contributed by atoms with Crippen LogP contribution in [-0.4, -0.2) is 51.1 Å². The highest BCUT2D eigenvalue weighted by molar-refractivity contribution is 7.89. The summed E-state index contributed by atoms with van der Waals surface area (Å²) in [6.45, 7) is 5.01. The molecule has 0 saturated heterocycles. The Hall–Kier alpha value is -1.97. The van der Waals surface area contributed by atoms with Crippen LogP contribution in [0.15, 0.2) is 29.2 Å². The topological polar surface area (TPSA) is 102 Å². The fourth-order valence-electron chi connectivity index (χ4n) is 1.71. The van der Waals surface area contributed by atoms with Gasteiger partial charge in [0, 0.05) is 13.1 Å². The molecular weight excluding hydrogens is 336 g/mol. The highest BCUT2D eigenvalue weighted by atomic mass is 32.2. The first-order valence-electron chi connectivity index (χ1n) is 7.24. The Bertz CT molecular complexity index is 702. The van der Waals surface area contributed by atoms with Gasteiger partial charge in [0.2, 0.25) is 0 Å². The SMILES string of the molecule is CON(C)S(=O)(=O)c1cccc(C(=O)OC(C)C(=O)NC(C)C)c1. The number of esters is 1. The van der Waals surface area contributed by atoms with Gasteiger partial charge >= 0.3 is 5.97 Å². The molecule has 134 valence electrons. The third-order valence-corrected chi connectivity index (χ3v) is 4.72. The maximum Gasteiger partial charge on any atom is 0.338 e. The Labute approximate surface area is 141 Å². The molecule has 1 amide bonds. The van der Waals surface area contributed by atoms with Gasteiger partial charge in [0.05, 0.1) is 17.6 Å². The number of ether oxygens (including phenoxy) is 1. The standard InChI is InChI=1S/C15H22N2O6S/c1-10(2)16-14(18)11(3)23-15(19)12-7-6-8-13(9-12)24(20,21)17(4)22-5/h6-11H,1-5H3,(H,16,18). The molecule has 1 N–H and O–H groups in total. The van der Waals surface area contributed by atoms with Gasteiger partial charge in [-0.2, -0.15) is 0 Å². The molecule has 0 spiro atoms. The van der Waals surface area contributed by atoms with E-state index in [4.69, 9.17) is 4.74 Å². The van der Waals surface area contributed by atoms with Crippen molar-refractivity contribution >= 4 is 21.9 Å². The number of hydroxylamine groups is 1. The van der Waals surface area contributed by atoms with Gasteiger partial charge in [0.25, 0.3) is 15.9 Å². The molecule has 1 aromatic rings. The van der Waals surface area contributed by atoms with Gasteiger partial charge < -0.3 is 10.1 Å². The van der Waals surface area contributed by atoms with E-state index in [0.29, 0.717) is 4.47 Å². The highest BCUT2D eigenvalue weighted by Crippen LogP contribution is 2.17. The van der Waals surface area contributed by atoms with Crippen LogP contribution in [0, 0.1) is 0 Å². The van der Waals surface area contributed by atoms with Gasteiger partial charge in [-0.25, -0.2) is 13.2 Å². The van der Waals surface area contributed by atoms with Crippen LogP contribution < -0.4 is 5.32 Å². The van der Waals surface area contributed by atoms with E-state index in [1.165, 1.54) is 45.3 Å². The number of nitrogens with one attached hydrogen (secondary N) is 1. The number of sulfonamides is 1. The molecule has 1 atom stereocenters. The summed E-state index contributed by atoms with van der Waals surface area (Å²) in [5, 5.41) is 2.62. The lowest BCUT2D eigenvalue weighted by Gasteiger charge is -2.16. The van der Waals surface area contributed by atoms with Crippen molar-refractivity contribution in [2.75, 3.05) is 14.2 Å². The Morgan fingerprint density at radius 2 is 1.83 bits per heavy atom. The van der Waals surface area contributed by atoms with Gasteiger partial charge in [0.1, 0.15) is 0 Å². The minimum atomic E-state index is -3.88. The lowest BCUT2D eigenvalue weighted by atomic mass is 10.2. The van der Waals surface area contributed by atoms with Crippen LogP contribution >= 0.6 is 0 Å². The molecule has 9 heteroatoms. The molecular formula is C15H22N2O6S. The average Bonchev–Trinajstić information content (AvgIpc) is 2.53. The van der Waals surface area contributed by atoms with Crippen molar-refractivity contribution in [3.63, 3.8) is 0 Å². The van der Waals surface area contributed by atoms with Crippen molar-refractivity contribution in [1.29, 1.82) is 0 Å². The third-order valence-electron chi connectivity index (χ3n) is 3.05. The third kappa shape index (κ3) is 5.02. The summed E-state index contributed by atoms with van der Waals surface area (Å²) in [4.78, 5) is 28.4. The van der Waals surface area contributed by atoms with E-state index < -0.39 is 28.0 Å². The smallest absolute Gasteiger partial charge is 0.338 e. The molecule has 0 fully saturated rings. The van der Waals surface area contributed by atoms with E-state index in [1.54, 1.807) is 13.8 Å². The number of benzene rings is 1. The van der Waals surface area contributed by atoms with Gasteiger partial charge in [-0.05, 0) is 39.0 Å². The second-order valence-corrected chi connectivity index (χ2v) is 7.27. The first-order valence-corrected chi connectivity index (χ1v) is 8.68. The molecule has 0 saturated carbocycles. The van der Waals surface area contributed by atoms with Gasteiger partial charge in [-0.15, -0.1) is 0 Å². The average molecular weight is 358 g/mol. The van der Waals surface area contributed by atoms with Crippen LogP contribution in [0.4, 0.5) is 0 Å². The molecule has 1 rings (SSSR count). The van der Waals surface area contributed by atoms with E-state index in [1.807, 2.05) is 0 Å². The summed E-state index contributed by atoms with van der Waals surface area (Å²) in [5.41, 5.74) is 0.0183. The van der Waals surface area contributed by atoms with Crippen LogP contribution in [0.1, 0.15) is 31.1 Å². The summed E-state index contributed by atoms with van der Waals surface area (Å²) < 4.78 is 30.1. The second kappa shape index (κ2) is 8.22. The highest BCUT2D eigenvalue weighted by Gasteiger charge is 2.24. The number of nitrogens with zero attached hydrogens (tertiary/aromatic N) is 1. The molecule has 24 heavy (non-hydrogen) atoms. The molecule has 1 aromatic carbocycles. The fraction of sp³-hybridized carbons (Fsp3) is 0.467. The number of carbonyl (C=O) groups is 2. The predicted molar refractivity (Wildman–Crippen MR) is 86.6 cm³/mol. The van der Waals surface area contributed by atoms with Crippen LogP contribution in [0.5, 0.6) is 0 Å². The molecule has 1 unspecified atom stereocenters. The van der Waals surface area contributed by atoms with Crippen LogP contribution in [0.3, 0.4) is 0 Å². The number of carbonyl (C=O) groups excluding carboxylic acids is 2. The quantitative estimate of drug-likeness (QED) is 0.575.